The summed E-state index contributed by atoms with van der Waals surface area (Å²) >= 11 is 15.7. The molecule has 0 amide bonds. The maximum absolute atomic E-state index is 6.52. The summed E-state index contributed by atoms with van der Waals surface area (Å²) in [5, 5.41) is -0.118. The molecule has 17 heavy (non-hydrogen) atoms. The van der Waals surface area contributed by atoms with Gasteiger partial charge >= 0.3 is 0 Å². The Morgan fingerprint density at radius 3 is 2.18 bits per heavy atom. The molecule has 0 fully saturated rings. The lowest BCUT2D eigenvalue weighted by molar-refractivity contribution is 1.12. The topological polar surface area (TPSA) is 0 Å². The summed E-state index contributed by atoms with van der Waals surface area (Å²) in [6.45, 7) is 0. The molecule has 1 atom stereocenters. The van der Waals surface area contributed by atoms with E-state index in [4.69, 9.17) is 11.6 Å². The standard InChI is InChI=1S/C13H8Br2ClI/c14-9-3-1-8(2-4-9)13(16)11-7-10(15)5-6-12(11)17/h1-7,13H. The summed E-state index contributed by atoms with van der Waals surface area (Å²) < 4.78 is 3.29. The molecule has 1 unspecified atom stereocenters. The van der Waals surface area contributed by atoms with E-state index >= 15 is 0 Å². The summed E-state index contributed by atoms with van der Waals surface area (Å²) in [5.74, 6) is 0. The minimum atomic E-state index is -0.118. The van der Waals surface area contributed by atoms with E-state index in [9.17, 15) is 0 Å². The summed E-state index contributed by atoms with van der Waals surface area (Å²) in [7, 11) is 0. The zero-order valence-corrected chi connectivity index (χ0v) is 14.7. The van der Waals surface area contributed by atoms with E-state index in [0.717, 1.165) is 20.1 Å². The molecule has 4 heteroatoms. The summed E-state index contributed by atoms with van der Waals surface area (Å²) in [6.07, 6.45) is 0. The first kappa shape index (κ1) is 13.8. The Balaban J connectivity index is 2.39. The third-order valence-electron chi connectivity index (χ3n) is 2.39. The molecule has 0 aliphatic rings. The second-order valence-corrected chi connectivity index (χ2v) is 7.01. The van der Waals surface area contributed by atoms with Gasteiger partial charge < -0.3 is 0 Å². The van der Waals surface area contributed by atoms with Gasteiger partial charge in [0.25, 0.3) is 0 Å². The molecule has 0 aliphatic heterocycles. The van der Waals surface area contributed by atoms with Crippen molar-refractivity contribution in [3.05, 3.63) is 66.1 Å². The first-order valence-electron chi connectivity index (χ1n) is 4.92. The van der Waals surface area contributed by atoms with Crippen molar-refractivity contribution >= 4 is 66.1 Å². The van der Waals surface area contributed by atoms with Gasteiger partial charge in [-0.25, -0.2) is 0 Å². The van der Waals surface area contributed by atoms with Crippen LogP contribution in [-0.4, -0.2) is 0 Å². The van der Waals surface area contributed by atoms with E-state index in [1.165, 1.54) is 3.57 Å². The first-order valence-corrected chi connectivity index (χ1v) is 8.02. The van der Waals surface area contributed by atoms with Gasteiger partial charge in [-0.15, -0.1) is 11.6 Å². The predicted molar refractivity (Wildman–Crippen MR) is 88.7 cm³/mol. The van der Waals surface area contributed by atoms with E-state index in [1.807, 2.05) is 30.3 Å². The van der Waals surface area contributed by atoms with Crippen molar-refractivity contribution < 1.29 is 0 Å². The highest BCUT2D eigenvalue weighted by Crippen LogP contribution is 2.34. The van der Waals surface area contributed by atoms with Crippen molar-refractivity contribution in [2.45, 2.75) is 5.38 Å². The molecule has 0 N–H and O–H groups in total. The molecule has 0 bridgehead atoms. The van der Waals surface area contributed by atoms with Gasteiger partial charge in [-0.05, 0) is 64.0 Å². The summed E-state index contributed by atoms with van der Waals surface area (Å²) in [5.41, 5.74) is 2.23. The SMILES string of the molecule is ClC(c1ccc(Br)cc1)c1cc(Br)ccc1I. The number of benzene rings is 2. The Morgan fingerprint density at radius 1 is 0.941 bits per heavy atom. The van der Waals surface area contributed by atoms with Gasteiger partial charge in [-0.1, -0.05) is 44.0 Å². The van der Waals surface area contributed by atoms with Crippen LogP contribution in [0.25, 0.3) is 0 Å². The van der Waals surface area contributed by atoms with Crippen molar-refractivity contribution in [1.29, 1.82) is 0 Å². The maximum atomic E-state index is 6.52. The second-order valence-electron chi connectivity index (χ2n) is 3.58. The van der Waals surface area contributed by atoms with Gasteiger partial charge in [0.15, 0.2) is 0 Å². The molecule has 0 saturated carbocycles. The van der Waals surface area contributed by atoms with Crippen LogP contribution in [-0.2, 0) is 0 Å². The number of halogens is 4. The number of hydrogen-bond acceptors (Lipinski definition) is 0. The Bertz CT molecular complexity index is 525. The van der Waals surface area contributed by atoms with Crippen molar-refractivity contribution in [3.8, 4) is 0 Å². The molecular weight excluding hydrogens is 478 g/mol. The van der Waals surface area contributed by atoms with Gasteiger partial charge in [0.2, 0.25) is 0 Å². The van der Waals surface area contributed by atoms with Crippen molar-refractivity contribution in [3.63, 3.8) is 0 Å². The molecule has 0 radical (unpaired) electrons. The van der Waals surface area contributed by atoms with Crippen LogP contribution in [0.2, 0.25) is 0 Å². The van der Waals surface area contributed by atoms with Crippen molar-refractivity contribution in [2.75, 3.05) is 0 Å². The van der Waals surface area contributed by atoms with Crippen LogP contribution in [0.4, 0.5) is 0 Å². The Morgan fingerprint density at radius 2 is 1.53 bits per heavy atom. The molecule has 0 nitrogen and oxygen atoms in total. The lowest BCUT2D eigenvalue weighted by Crippen LogP contribution is -1.96. The molecule has 0 saturated heterocycles. The normalized spacial score (nSPS) is 12.5. The van der Waals surface area contributed by atoms with Crippen LogP contribution in [0.1, 0.15) is 16.5 Å². The maximum Gasteiger partial charge on any atom is 0.0846 e. The van der Waals surface area contributed by atoms with Crippen molar-refractivity contribution in [2.24, 2.45) is 0 Å². The number of alkyl halides is 1. The fourth-order valence-corrected chi connectivity index (χ4v) is 3.32. The highest BCUT2D eigenvalue weighted by molar-refractivity contribution is 14.1. The Hall–Kier alpha value is 0.420. The zero-order chi connectivity index (χ0) is 12.4. The van der Waals surface area contributed by atoms with Crippen LogP contribution in [0.5, 0.6) is 0 Å². The zero-order valence-electron chi connectivity index (χ0n) is 8.63. The number of rotatable bonds is 2. The highest BCUT2D eigenvalue weighted by atomic mass is 127. The average Bonchev–Trinajstić information content (AvgIpc) is 2.32. The first-order chi connectivity index (χ1) is 8.08. The van der Waals surface area contributed by atoms with Crippen LogP contribution in [0.15, 0.2) is 51.4 Å². The van der Waals surface area contributed by atoms with Gasteiger partial charge in [0, 0.05) is 12.5 Å². The number of hydrogen-bond donors (Lipinski definition) is 0. The minimum absolute atomic E-state index is 0.118. The van der Waals surface area contributed by atoms with E-state index < -0.39 is 0 Å². The Labute approximate surface area is 136 Å². The fraction of sp³-hybridized carbons (Fsp3) is 0.0769. The highest BCUT2D eigenvalue weighted by Gasteiger charge is 2.14. The van der Waals surface area contributed by atoms with Crippen LogP contribution in [0.3, 0.4) is 0 Å². The second kappa shape index (κ2) is 6.04. The van der Waals surface area contributed by atoms with Gasteiger partial charge in [-0.3, -0.25) is 0 Å². The third-order valence-corrected chi connectivity index (χ3v) is 4.89. The third kappa shape index (κ3) is 3.46. The van der Waals surface area contributed by atoms with Gasteiger partial charge in [0.1, 0.15) is 0 Å². The van der Waals surface area contributed by atoms with Crippen molar-refractivity contribution in [1.82, 2.24) is 0 Å². The largest absolute Gasteiger partial charge is 0.113 e. The minimum Gasteiger partial charge on any atom is -0.113 e. The Kier molecular flexibility index (Phi) is 4.92. The fourth-order valence-electron chi connectivity index (χ4n) is 1.52. The average molecular weight is 486 g/mol. The molecule has 2 aromatic carbocycles. The molecule has 0 aliphatic carbocycles. The summed E-state index contributed by atoms with van der Waals surface area (Å²) in [4.78, 5) is 0. The monoisotopic (exact) mass is 484 g/mol. The lowest BCUT2D eigenvalue weighted by Gasteiger charge is -2.13. The van der Waals surface area contributed by atoms with Gasteiger partial charge in [0.05, 0.1) is 5.38 Å². The van der Waals surface area contributed by atoms with Crippen LogP contribution in [0, 0.1) is 3.57 Å². The quantitative estimate of drug-likeness (QED) is 0.353. The lowest BCUT2D eigenvalue weighted by atomic mass is 10.0. The van der Waals surface area contributed by atoms with Crippen LogP contribution >= 0.6 is 66.1 Å². The molecule has 88 valence electrons. The van der Waals surface area contributed by atoms with Crippen LogP contribution < -0.4 is 0 Å². The predicted octanol–water partition coefficient (Wildman–Crippen LogP) is 6.14. The summed E-state index contributed by atoms with van der Waals surface area (Å²) in [6, 6.07) is 14.3. The molecule has 2 aromatic rings. The van der Waals surface area contributed by atoms with E-state index in [0.29, 0.717) is 0 Å². The molecule has 0 spiro atoms. The van der Waals surface area contributed by atoms with Gasteiger partial charge in [-0.2, -0.15) is 0 Å². The molecule has 0 aromatic heterocycles. The molecule has 2 rings (SSSR count). The van der Waals surface area contributed by atoms with E-state index in [2.05, 4.69) is 66.6 Å². The van der Waals surface area contributed by atoms with E-state index in [1.54, 1.807) is 0 Å². The molecular formula is C13H8Br2ClI. The van der Waals surface area contributed by atoms with E-state index in [-0.39, 0.29) is 5.38 Å². The smallest absolute Gasteiger partial charge is 0.0846 e. The molecule has 0 heterocycles.